The number of hydrogen-bond acceptors (Lipinski definition) is 5. The van der Waals surface area contributed by atoms with Crippen molar-refractivity contribution in [2.75, 3.05) is 45.8 Å². The summed E-state index contributed by atoms with van der Waals surface area (Å²) >= 11 is 0. The SMILES string of the molecule is COCCOc1cc(NC(=O)C2CCCN(C(=O)c3cccc4ccccc34)C2)ccc1OC. The average molecular weight is 463 g/mol. The molecular formula is C27H30N2O5. The van der Waals surface area contributed by atoms with Gasteiger partial charge in [0.25, 0.3) is 5.91 Å². The van der Waals surface area contributed by atoms with Crippen LogP contribution in [0.25, 0.3) is 10.8 Å². The molecule has 1 aliphatic rings. The van der Waals surface area contributed by atoms with E-state index in [1.165, 1.54) is 0 Å². The number of nitrogens with one attached hydrogen (secondary N) is 1. The van der Waals surface area contributed by atoms with Crippen molar-refractivity contribution in [2.24, 2.45) is 5.92 Å². The van der Waals surface area contributed by atoms with Crippen LogP contribution in [0.2, 0.25) is 0 Å². The highest BCUT2D eigenvalue weighted by Crippen LogP contribution is 2.31. The molecule has 1 heterocycles. The van der Waals surface area contributed by atoms with Crippen LogP contribution in [0.15, 0.2) is 60.7 Å². The molecule has 4 rings (SSSR count). The normalized spacial score (nSPS) is 15.7. The number of rotatable bonds is 8. The lowest BCUT2D eigenvalue weighted by Gasteiger charge is -2.32. The number of anilines is 1. The van der Waals surface area contributed by atoms with E-state index in [2.05, 4.69) is 5.32 Å². The third kappa shape index (κ3) is 5.31. The van der Waals surface area contributed by atoms with Crippen molar-refractivity contribution in [2.45, 2.75) is 12.8 Å². The highest BCUT2D eigenvalue weighted by Gasteiger charge is 2.29. The second-order valence-corrected chi connectivity index (χ2v) is 8.31. The Kier molecular flexibility index (Phi) is 7.65. The number of amides is 2. The second kappa shape index (κ2) is 11.0. The van der Waals surface area contributed by atoms with E-state index in [4.69, 9.17) is 14.2 Å². The van der Waals surface area contributed by atoms with Crippen LogP contribution in [0, 0.1) is 5.92 Å². The van der Waals surface area contributed by atoms with Gasteiger partial charge in [-0.25, -0.2) is 0 Å². The zero-order chi connectivity index (χ0) is 23.9. The van der Waals surface area contributed by atoms with Crippen molar-refractivity contribution in [3.63, 3.8) is 0 Å². The van der Waals surface area contributed by atoms with Crippen LogP contribution in [0.3, 0.4) is 0 Å². The van der Waals surface area contributed by atoms with E-state index in [1.54, 1.807) is 37.3 Å². The highest BCUT2D eigenvalue weighted by atomic mass is 16.5. The summed E-state index contributed by atoms with van der Waals surface area (Å²) in [5.41, 5.74) is 1.29. The Morgan fingerprint density at radius 2 is 1.82 bits per heavy atom. The van der Waals surface area contributed by atoms with E-state index >= 15 is 0 Å². The van der Waals surface area contributed by atoms with Crippen molar-refractivity contribution in [1.82, 2.24) is 4.90 Å². The van der Waals surface area contributed by atoms with Gasteiger partial charge in [0.1, 0.15) is 6.61 Å². The smallest absolute Gasteiger partial charge is 0.254 e. The van der Waals surface area contributed by atoms with Crippen LogP contribution in [-0.4, -0.2) is 57.2 Å². The molecule has 3 aromatic rings. The van der Waals surface area contributed by atoms with Crippen molar-refractivity contribution in [1.29, 1.82) is 0 Å². The average Bonchev–Trinajstić information content (AvgIpc) is 2.88. The van der Waals surface area contributed by atoms with Gasteiger partial charge in [0, 0.05) is 37.5 Å². The summed E-state index contributed by atoms with van der Waals surface area (Å²) in [5.74, 6) is 0.691. The molecule has 1 atom stereocenters. The molecule has 0 radical (unpaired) electrons. The van der Waals surface area contributed by atoms with Gasteiger partial charge >= 0.3 is 0 Å². The van der Waals surface area contributed by atoms with Gasteiger partial charge in [0.05, 0.1) is 19.6 Å². The van der Waals surface area contributed by atoms with E-state index in [0.29, 0.717) is 49.1 Å². The van der Waals surface area contributed by atoms with Crippen LogP contribution < -0.4 is 14.8 Å². The first-order valence-electron chi connectivity index (χ1n) is 11.5. The standard InChI is InChI=1S/C27H30N2O5/c1-32-15-16-34-25-17-21(12-13-24(25)33-2)28-26(30)20-9-6-14-29(18-20)27(31)23-11-5-8-19-7-3-4-10-22(19)23/h3-5,7-8,10-13,17,20H,6,9,14-16,18H2,1-2H3,(H,28,30). The zero-order valence-electron chi connectivity index (χ0n) is 19.6. The molecule has 178 valence electrons. The Balaban J connectivity index is 1.44. The number of benzene rings is 3. The fraction of sp³-hybridized carbons (Fsp3) is 0.333. The van der Waals surface area contributed by atoms with Crippen LogP contribution >= 0.6 is 0 Å². The number of likely N-dealkylation sites (tertiary alicyclic amines) is 1. The monoisotopic (exact) mass is 462 g/mol. The summed E-state index contributed by atoms with van der Waals surface area (Å²) in [7, 11) is 3.18. The first kappa shape index (κ1) is 23.6. The summed E-state index contributed by atoms with van der Waals surface area (Å²) in [6.07, 6.45) is 1.51. The Labute approximate surface area is 199 Å². The first-order valence-corrected chi connectivity index (χ1v) is 11.5. The number of piperidine rings is 1. The van der Waals surface area contributed by atoms with Gasteiger partial charge in [-0.3, -0.25) is 9.59 Å². The number of hydrogen-bond donors (Lipinski definition) is 1. The summed E-state index contributed by atoms with van der Waals surface area (Å²) in [6.45, 7) is 1.85. The lowest BCUT2D eigenvalue weighted by molar-refractivity contribution is -0.121. The summed E-state index contributed by atoms with van der Waals surface area (Å²) in [4.78, 5) is 28.2. The Morgan fingerprint density at radius 3 is 2.65 bits per heavy atom. The zero-order valence-corrected chi connectivity index (χ0v) is 19.6. The molecule has 1 fully saturated rings. The van der Waals surface area contributed by atoms with E-state index in [9.17, 15) is 9.59 Å². The molecule has 0 aromatic heterocycles. The van der Waals surface area contributed by atoms with Gasteiger partial charge in [0.15, 0.2) is 11.5 Å². The number of carbonyl (C=O) groups is 2. The maximum Gasteiger partial charge on any atom is 0.254 e. The van der Waals surface area contributed by atoms with Crippen molar-refractivity contribution < 1.29 is 23.8 Å². The van der Waals surface area contributed by atoms with E-state index in [-0.39, 0.29) is 17.7 Å². The number of fused-ring (bicyclic) bond motifs is 1. The lowest BCUT2D eigenvalue weighted by Crippen LogP contribution is -2.43. The minimum absolute atomic E-state index is 0.0347. The van der Waals surface area contributed by atoms with Gasteiger partial charge < -0.3 is 24.4 Å². The van der Waals surface area contributed by atoms with Gasteiger partial charge in [-0.05, 0) is 41.8 Å². The predicted octanol–water partition coefficient (Wildman–Crippen LogP) is 4.36. The molecule has 1 saturated heterocycles. The number of ether oxygens (including phenoxy) is 3. The maximum absolute atomic E-state index is 13.3. The highest BCUT2D eigenvalue weighted by molar-refractivity contribution is 6.07. The summed E-state index contributed by atoms with van der Waals surface area (Å²) in [5, 5.41) is 4.94. The maximum atomic E-state index is 13.3. The lowest BCUT2D eigenvalue weighted by atomic mass is 9.95. The van der Waals surface area contributed by atoms with Crippen LogP contribution in [0.5, 0.6) is 11.5 Å². The third-order valence-corrected chi connectivity index (χ3v) is 6.08. The van der Waals surface area contributed by atoms with Gasteiger partial charge in [-0.2, -0.15) is 0 Å². The first-order chi connectivity index (χ1) is 16.6. The van der Waals surface area contributed by atoms with Crippen molar-refractivity contribution in [3.8, 4) is 11.5 Å². The molecule has 1 unspecified atom stereocenters. The van der Waals surface area contributed by atoms with Crippen LogP contribution in [0.4, 0.5) is 5.69 Å². The van der Waals surface area contributed by atoms with Crippen LogP contribution in [0.1, 0.15) is 23.2 Å². The van der Waals surface area contributed by atoms with Crippen molar-refractivity contribution >= 4 is 28.3 Å². The van der Waals surface area contributed by atoms with Gasteiger partial charge in [0.2, 0.25) is 5.91 Å². The van der Waals surface area contributed by atoms with Crippen molar-refractivity contribution in [3.05, 3.63) is 66.2 Å². The fourth-order valence-electron chi connectivity index (χ4n) is 4.30. The fourth-order valence-corrected chi connectivity index (χ4v) is 4.30. The van der Waals surface area contributed by atoms with Gasteiger partial charge in [-0.1, -0.05) is 36.4 Å². The number of nitrogens with zero attached hydrogens (tertiary/aromatic N) is 1. The quantitative estimate of drug-likeness (QED) is 0.503. The summed E-state index contributed by atoms with van der Waals surface area (Å²) < 4.78 is 16.1. The molecule has 7 nitrogen and oxygen atoms in total. The van der Waals surface area contributed by atoms with Crippen LogP contribution in [-0.2, 0) is 9.53 Å². The molecule has 34 heavy (non-hydrogen) atoms. The Hall–Kier alpha value is -3.58. The minimum Gasteiger partial charge on any atom is -0.493 e. The molecule has 7 heteroatoms. The van der Waals surface area contributed by atoms with Gasteiger partial charge in [-0.15, -0.1) is 0 Å². The minimum atomic E-state index is -0.285. The largest absolute Gasteiger partial charge is 0.493 e. The molecule has 0 saturated carbocycles. The Bertz CT molecular complexity index is 1160. The molecule has 0 spiro atoms. The van der Waals surface area contributed by atoms with E-state index in [1.807, 2.05) is 42.5 Å². The molecule has 0 bridgehead atoms. The molecule has 0 aliphatic carbocycles. The third-order valence-electron chi connectivity index (χ3n) is 6.08. The number of carbonyl (C=O) groups excluding carboxylic acids is 2. The summed E-state index contributed by atoms with van der Waals surface area (Å²) in [6, 6.07) is 18.9. The topological polar surface area (TPSA) is 77.1 Å². The number of methoxy groups -OCH3 is 2. The molecular weight excluding hydrogens is 432 g/mol. The molecule has 3 aromatic carbocycles. The van der Waals surface area contributed by atoms with E-state index < -0.39 is 0 Å². The predicted molar refractivity (Wildman–Crippen MR) is 132 cm³/mol. The molecule has 2 amide bonds. The second-order valence-electron chi connectivity index (χ2n) is 8.31. The molecule has 1 N–H and O–H groups in total. The van der Waals surface area contributed by atoms with E-state index in [0.717, 1.165) is 23.6 Å². The molecule has 1 aliphatic heterocycles. The Morgan fingerprint density at radius 1 is 1.00 bits per heavy atom.